The highest BCUT2D eigenvalue weighted by Gasteiger charge is 2.25. The van der Waals surface area contributed by atoms with E-state index in [1.807, 2.05) is 43.3 Å². The number of rotatable bonds is 3. The van der Waals surface area contributed by atoms with Crippen molar-refractivity contribution < 1.29 is 14.3 Å². The van der Waals surface area contributed by atoms with Crippen molar-refractivity contribution in [3.8, 4) is 5.75 Å². The second kappa shape index (κ2) is 7.66. The Morgan fingerprint density at radius 2 is 1.79 bits per heavy atom. The Bertz CT molecular complexity index is 1130. The van der Waals surface area contributed by atoms with E-state index in [0.29, 0.717) is 32.4 Å². The lowest BCUT2D eigenvalue weighted by molar-refractivity contribution is 0.0734. The SMILES string of the molecule is Cc1ccc(OC(=O)c2ccccc2Cl)c(C=C2Sc3ccccc3C2=O)c1. The van der Waals surface area contributed by atoms with Crippen molar-refractivity contribution in [1.82, 2.24) is 0 Å². The number of hydrogen-bond acceptors (Lipinski definition) is 4. The topological polar surface area (TPSA) is 43.4 Å². The van der Waals surface area contributed by atoms with Gasteiger partial charge in [-0.1, -0.05) is 59.3 Å². The molecule has 0 aromatic heterocycles. The van der Waals surface area contributed by atoms with Crippen molar-refractivity contribution in [3.63, 3.8) is 0 Å². The molecule has 0 bridgehead atoms. The number of ether oxygens (including phenoxy) is 1. The number of hydrogen-bond donors (Lipinski definition) is 0. The highest BCUT2D eigenvalue weighted by atomic mass is 35.5. The van der Waals surface area contributed by atoms with Crippen LogP contribution in [-0.2, 0) is 0 Å². The number of aryl methyl sites for hydroxylation is 1. The van der Waals surface area contributed by atoms with E-state index in [0.717, 1.165) is 10.5 Å². The van der Waals surface area contributed by atoms with Gasteiger partial charge in [0.2, 0.25) is 5.78 Å². The first-order chi connectivity index (χ1) is 13.5. The Balaban J connectivity index is 1.68. The number of carbonyl (C=O) groups is 2. The second-order valence-electron chi connectivity index (χ2n) is 6.35. The van der Waals surface area contributed by atoms with Crippen LogP contribution in [0.3, 0.4) is 0 Å². The molecule has 0 saturated carbocycles. The number of benzene rings is 3. The Morgan fingerprint density at radius 3 is 2.57 bits per heavy atom. The van der Waals surface area contributed by atoms with Crippen molar-refractivity contribution in [2.24, 2.45) is 0 Å². The van der Waals surface area contributed by atoms with Crippen LogP contribution < -0.4 is 4.74 Å². The molecule has 138 valence electrons. The van der Waals surface area contributed by atoms with Crippen LogP contribution in [0.1, 0.15) is 31.8 Å². The molecule has 0 spiro atoms. The average molecular weight is 407 g/mol. The highest BCUT2D eigenvalue weighted by Crippen LogP contribution is 2.41. The molecule has 0 radical (unpaired) electrons. The van der Waals surface area contributed by atoms with E-state index < -0.39 is 5.97 Å². The molecule has 0 aliphatic carbocycles. The van der Waals surface area contributed by atoms with Crippen LogP contribution >= 0.6 is 23.4 Å². The molecule has 1 heterocycles. The van der Waals surface area contributed by atoms with Gasteiger partial charge in [0.1, 0.15) is 5.75 Å². The largest absolute Gasteiger partial charge is 0.422 e. The molecule has 1 aliphatic heterocycles. The van der Waals surface area contributed by atoms with E-state index in [9.17, 15) is 9.59 Å². The van der Waals surface area contributed by atoms with E-state index in [-0.39, 0.29) is 5.78 Å². The monoisotopic (exact) mass is 406 g/mol. The summed E-state index contributed by atoms with van der Waals surface area (Å²) in [4.78, 5) is 26.8. The standard InChI is InChI=1S/C23H15ClO3S/c1-14-10-11-19(27-23(26)16-6-2-4-8-18(16)24)15(12-14)13-21-22(25)17-7-3-5-9-20(17)28-21/h2-13H,1H3. The van der Waals surface area contributed by atoms with Crippen molar-refractivity contribution in [1.29, 1.82) is 0 Å². The lowest BCUT2D eigenvalue weighted by Crippen LogP contribution is -2.10. The van der Waals surface area contributed by atoms with Gasteiger partial charge in [0.25, 0.3) is 0 Å². The summed E-state index contributed by atoms with van der Waals surface area (Å²) < 4.78 is 5.60. The molecular formula is C23H15ClO3S. The first kappa shape index (κ1) is 18.5. The third-order valence-electron chi connectivity index (χ3n) is 4.32. The summed E-state index contributed by atoms with van der Waals surface area (Å²) in [5.41, 5.74) is 2.66. The number of Topliss-reactive ketones (excluding diaryl/α,β-unsaturated/α-hetero) is 1. The Morgan fingerprint density at radius 1 is 1.04 bits per heavy atom. The van der Waals surface area contributed by atoms with Gasteiger partial charge >= 0.3 is 5.97 Å². The van der Waals surface area contributed by atoms with Gasteiger partial charge in [0.15, 0.2) is 0 Å². The number of thioether (sulfide) groups is 1. The minimum Gasteiger partial charge on any atom is -0.422 e. The van der Waals surface area contributed by atoms with E-state index >= 15 is 0 Å². The third kappa shape index (κ3) is 3.61. The van der Waals surface area contributed by atoms with Gasteiger partial charge in [-0.15, -0.1) is 0 Å². The van der Waals surface area contributed by atoms with Crippen molar-refractivity contribution in [2.45, 2.75) is 11.8 Å². The van der Waals surface area contributed by atoms with Gasteiger partial charge in [-0.05, 0) is 49.4 Å². The van der Waals surface area contributed by atoms with E-state index in [4.69, 9.17) is 16.3 Å². The number of allylic oxidation sites excluding steroid dienone is 1. The molecule has 0 N–H and O–H groups in total. The maximum atomic E-state index is 12.7. The smallest absolute Gasteiger partial charge is 0.345 e. The van der Waals surface area contributed by atoms with Crippen LogP contribution in [0.2, 0.25) is 5.02 Å². The van der Waals surface area contributed by atoms with E-state index in [1.165, 1.54) is 11.8 Å². The fourth-order valence-corrected chi connectivity index (χ4v) is 4.19. The molecular weight excluding hydrogens is 392 g/mol. The summed E-state index contributed by atoms with van der Waals surface area (Å²) in [6, 6.07) is 19.7. The summed E-state index contributed by atoms with van der Waals surface area (Å²) in [6.45, 7) is 1.94. The van der Waals surface area contributed by atoms with Gasteiger partial charge in [0.05, 0.1) is 15.5 Å². The second-order valence-corrected chi connectivity index (χ2v) is 7.84. The molecule has 0 fully saturated rings. The first-order valence-electron chi connectivity index (χ1n) is 8.63. The Labute approximate surface area is 172 Å². The van der Waals surface area contributed by atoms with Crippen molar-refractivity contribution >= 4 is 41.2 Å². The summed E-state index contributed by atoms with van der Waals surface area (Å²) in [7, 11) is 0. The number of ketones is 1. The summed E-state index contributed by atoms with van der Waals surface area (Å²) in [5, 5.41) is 0.330. The molecule has 1 aliphatic rings. The predicted octanol–water partition coefficient (Wildman–Crippen LogP) is 6.20. The molecule has 0 unspecified atom stereocenters. The lowest BCUT2D eigenvalue weighted by Gasteiger charge is -2.10. The number of esters is 1. The van der Waals surface area contributed by atoms with Crippen molar-refractivity contribution in [2.75, 3.05) is 0 Å². The highest BCUT2D eigenvalue weighted by molar-refractivity contribution is 8.04. The lowest BCUT2D eigenvalue weighted by atomic mass is 10.1. The van der Waals surface area contributed by atoms with Gasteiger partial charge in [-0.25, -0.2) is 4.79 Å². The van der Waals surface area contributed by atoms with Crippen LogP contribution in [-0.4, -0.2) is 11.8 Å². The average Bonchev–Trinajstić information content (AvgIpc) is 3.00. The normalized spacial score (nSPS) is 14.2. The molecule has 4 rings (SSSR count). The summed E-state index contributed by atoms with van der Waals surface area (Å²) >= 11 is 7.52. The molecule has 0 saturated heterocycles. The third-order valence-corrected chi connectivity index (χ3v) is 5.75. The zero-order valence-electron chi connectivity index (χ0n) is 14.9. The quantitative estimate of drug-likeness (QED) is 0.295. The maximum absolute atomic E-state index is 12.7. The fourth-order valence-electron chi connectivity index (χ4n) is 2.93. The first-order valence-corrected chi connectivity index (χ1v) is 9.83. The van der Waals surface area contributed by atoms with Crippen LogP contribution in [0, 0.1) is 6.92 Å². The van der Waals surface area contributed by atoms with E-state index in [2.05, 4.69) is 0 Å². The van der Waals surface area contributed by atoms with Gasteiger partial charge in [-0.3, -0.25) is 4.79 Å². The maximum Gasteiger partial charge on any atom is 0.345 e. The Hall–Kier alpha value is -2.82. The van der Waals surface area contributed by atoms with Crippen LogP contribution in [0.25, 0.3) is 6.08 Å². The molecule has 5 heteroatoms. The van der Waals surface area contributed by atoms with Crippen LogP contribution in [0.15, 0.2) is 76.5 Å². The fraction of sp³-hybridized carbons (Fsp3) is 0.0435. The molecule has 0 atom stereocenters. The van der Waals surface area contributed by atoms with Crippen LogP contribution in [0.4, 0.5) is 0 Å². The van der Waals surface area contributed by atoms with Gasteiger partial charge in [-0.2, -0.15) is 0 Å². The van der Waals surface area contributed by atoms with Crippen LogP contribution in [0.5, 0.6) is 5.75 Å². The molecule has 0 amide bonds. The molecule has 3 aromatic rings. The molecule has 3 nitrogen and oxygen atoms in total. The minimum absolute atomic E-state index is 0.0227. The van der Waals surface area contributed by atoms with Gasteiger partial charge < -0.3 is 4.74 Å². The Kier molecular flexibility index (Phi) is 5.07. The predicted molar refractivity (Wildman–Crippen MR) is 112 cm³/mol. The van der Waals surface area contributed by atoms with Gasteiger partial charge in [0, 0.05) is 16.0 Å². The summed E-state index contributed by atoms with van der Waals surface area (Å²) in [6.07, 6.45) is 1.77. The number of halogens is 1. The zero-order chi connectivity index (χ0) is 19.7. The zero-order valence-corrected chi connectivity index (χ0v) is 16.5. The molecule has 28 heavy (non-hydrogen) atoms. The summed E-state index contributed by atoms with van der Waals surface area (Å²) in [5.74, 6) is -0.180. The molecule has 3 aromatic carbocycles. The van der Waals surface area contributed by atoms with E-state index in [1.54, 1.807) is 36.4 Å². The number of carbonyl (C=O) groups excluding carboxylic acids is 2. The minimum atomic E-state index is -0.539. The van der Waals surface area contributed by atoms with Crippen molar-refractivity contribution in [3.05, 3.63) is 98.9 Å². The number of fused-ring (bicyclic) bond motifs is 1.